The third kappa shape index (κ3) is 2.94. The van der Waals surface area contributed by atoms with Gasteiger partial charge in [-0.3, -0.25) is 0 Å². The molecule has 98 valence electrons. The van der Waals surface area contributed by atoms with Gasteiger partial charge in [-0.05, 0) is 17.7 Å². The number of rotatable bonds is 3. The van der Waals surface area contributed by atoms with Gasteiger partial charge in [-0.2, -0.15) is 0 Å². The summed E-state index contributed by atoms with van der Waals surface area (Å²) in [4.78, 5) is 18.7. The second kappa shape index (κ2) is 5.42. The minimum Gasteiger partial charge on any atom is -0.477 e. The summed E-state index contributed by atoms with van der Waals surface area (Å²) in [5.74, 6) is -0.891. The minimum absolute atomic E-state index is 0.0827. The molecule has 0 aliphatic carbocycles. The summed E-state index contributed by atoms with van der Waals surface area (Å²) in [5, 5.41) is 9.83. The molecule has 0 saturated heterocycles. The number of carboxylic acid groups (broad SMARTS) is 1. The first-order chi connectivity index (χ1) is 8.99. The van der Waals surface area contributed by atoms with Gasteiger partial charge < -0.3 is 10.8 Å². The molecule has 0 unspecified atom stereocenters. The van der Waals surface area contributed by atoms with Gasteiger partial charge >= 0.3 is 5.97 Å². The Morgan fingerprint density at radius 3 is 2.47 bits per heavy atom. The van der Waals surface area contributed by atoms with E-state index < -0.39 is 5.97 Å². The summed E-state index contributed by atoms with van der Waals surface area (Å²) >= 11 is 12.1. The van der Waals surface area contributed by atoms with Crippen molar-refractivity contribution in [2.75, 3.05) is 5.73 Å². The standard InChI is InChI=1S/C12H9Cl2N3O2/c13-8-2-1-3-9(14)6(8)4-10-16-5-7(12(18)19)11(15)17-10/h1-3,5H,4H2,(H,18,19)(H2,15,16,17). The van der Waals surface area contributed by atoms with E-state index in [9.17, 15) is 4.79 Å². The van der Waals surface area contributed by atoms with Crippen LogP contribution in [0, 0.1) is 0 Å². The summed E-state index contributed by atoms with van der Waals surface area (Å²) in [7, 11) is 0. The van der Waals surface area contributed by atoms with Gasteiger partial charge in [-0.25, -0.2) is 14.8 Å². The van der Waals surface area contributed by atoms with E-state index in [1.165, 1.54) is 6.20 Å². The van der Waals surface area contributed by atoms with E-state index in [1.807, 2.05) is 0 Å². The van der Waals surface area contributed by atoms with Crippen molar-refractivity contribution in [3.05, 3.63) is 51.4 Å². The van der Waals surface area contributed by atoms with Gasteiger partial charge in [-0.15, -0.1) is 0 Å². The molecule has 1 aromatic carbocycles. The van der Waals surface area contributed by atoms with Crippen molar-refractivity contribution in [2.24, 2.45) is 0 Å². The Morgan fingerprint density at radius 2 is 1.95 bits per heavy atom. The quantitative estimate of drug-likeness (QED) is 0.909. The number of aromatic carboxylic acids is 1. The van der Waals surface area contributed by atoms with Crippen LogP contribution < -0.4 is 5.73 Å². The van der Waals surface area contributed by atoms with Crippen LogP contribution in [0.1, 0.15) is 21.7 Å². The lowest BCUT2D eigenvalue weighted by Gasteiger charge is -2.07. The number of hydrogen-bond acceptors (Lipinski definition) is 4. The normalized spacial score (nSPS) is 10.4. The number of nitrogen functional groups attached to an aromatic ring is 1. The molecule has 0 atom stereocenters. The number of nitrogens with zero attached hydrogens (tertiary/aromatic N) is 2. The fourth-order valence-corrected chi connectivity index (χ4v) is 2.07. The van der Waals surface area contributed by atoms with Crippen LogP contribution in [0.15, 0.2) is 24.4 Å². The highest BCUT2D eigenvalue weighted by Gasteiger charge is 2.13. The number of benzene rings is 1. The lowest BCUT2D eigenvalue weighted by molar-refractivity contribution is 0.0697. The summed E-state index contributed by atoms with van der Waals surface area (Å²) in [6.07, 6.45) is 1.45. The minimum atomic E-state index is -1.17. The van der Waals surface area contributed by atoms with Crippen LogP contribution in [0.3, 0.4) is 0 Å². The van der Waals surface area contributed by atoms with Crippen LogP contribution >= 0.6 is 23.2 Å². The van der Waals surface area contributed by atoms with Crippen molar-refractivity contribution < 1.29 is 9.90 Å². The van der Waals surface area contributed by atoms with E-state index in [1.54, 1.807) is 18.2 Å². The van der Waals surface area contributed by atoms with Crippen molar-refractivity contribution in [1.82, 2.24) is 9.97 Å². The van der Waals surface area contributed by atoms with E-state index in [2.05, 4.69) is 9.97 Å². The molecule has 0 aliphatic rings. The summed E-state index contributed by atoms with van der Waals surface area (Å²) < 4.78 is 0. The first kappa shape index (κ1) is 13.6. The Hall–Kier alpha value is -1.85. The van der Waals surface area contributed by atoms with Crippen molar-refractivity contribution in [1.29, 1.82) is 0 Å². The third-order valence-electron chi connectivity index (χ3n) is 2.50. The number of halogens is 2. The van der Waals surface area contributed by atoms with E-state index in [4.69, 9.17) is 34.0 Å². The fraction of sp³-hybridized carbons (Fsp3) is 0.0833. The highest BCUT2D eigenvalue weighted by molar-refractivity contribution is 6.36. The number of nitrogens with two attached hydrogens (primary N) is 1. The van der Waals surface area contributed by atoms with Crippen LogP contribution in [0.5, 0.6) is 0 Å². The fourth-order valence-electron chi connectivity index (χ4n) is 1.54. The zero-order chi connectivity index (χ0) is 14.0. The molecule has 0 fully saturated rings. The highest BCUT2D eigenvalue weighted by Crippen LogP contribution is 2.26. The number of hydrogen-bond donors (Lipinski definition) is 2. The Kier molecular flexibility index (Phi) is 3.87. The van der Waals surface area contributed by atoms with Gasteiger partial charge in [0.25, 0.3) is 0 Å². The molecule has 0 amide bonds. The summed E-state index contributed by atoms with van der Waals surface area (Å²) in [5.41, 5.74) is 6.10. The molecule has 5 nitrogen and oxygen atoms in total. The molecule has 0 aliphatic heterocycles. The smallest absolute Gasteiger partial charge is 0.341 e. The van der Waals surface area contributed by atoms with Crippen LogP contribution in [0.25, 0.3) is 0 Å². The molecule has 19 heavy (non-hydrogen) atoms. The molecule has 0 bridgehead atoms. The predicted molar refractivity (Wildman–Crippen MR) is 72.7 cm³/mol. The zero-order valence-electron chi connectivity index (χ0n) is 9.60. The Morgan fingerprint density at radius 1 is 1.32 bits per heavy atom. The van der Waals surface area contributed by atoms with Crippen LogP contribution in [0.2, 0.25) is 10.0 Å². The molecule has 0 radical (unpaired) electrons. The Balaban J connectivity index is 2.34. The average Bonchev–Trinajstić information content (AvgIpc) is 2.33. The van der Waals surface area contributed by atoms with E-state index >= 15 is 0 Å². The third-order valence-corrected chi connectivity index (χ3v) is 3.20. The van der Waals surface area contributed by atoms with Gasteiger partial charge in [0.15, 0.2) is 0 Å². The van der Waals surface area contributed by atoms with Crippen LogP contribution in [-0.4, -0.2) is 21.0 Å². The lowest BCUT2D eigenvalue weighted by atomic mass is 10.1. The molecule has 1 aromatic heterocycles. The topological polar surface area (TPSA) is 89.1 Å². The molecular weight excluding hydrogens is 289 g/mol. The van der Waals surface area contributed by atoms with Crippen molar-refractivity contribution in [3.8, 4) is 0 Å². The second-order valence-corrected chi connectivity index (χ2v) is 4.58. The summed E-state index contributed by atoms with van der Waals surface area (Å²) in [6, 6.07) is 5.15. The van der Waals surface area contributed by atoms with E-state index in [-0.39, 0.29) is 17.8 Å². The van der Waals surface area contributed by atoms with Gasteiger partial charge in [0.1, 0.15) is 17.2 Å². The first-order valence-electron chi connectivity index (χ1n) is 5.26. The van der Waals surface area contributed by atoms with Gasteiger partial charge in [0, 0.05) is 22.7 Å². The molecule has 0 spiro atoms. The zero-order valence-corrected chi connectivity index (χ0v) is 11.1. The molecule has 1 heterocycles. The van der Waals surface area contributed by atoms with Gasteiger partial charge in [-0.1, -0.05) is 29.3 Å². The summed E-state index contributed by atoms with van der Waals surface area (Å²) in [6.45, 7) is 0. The van der Waals surface area contributed by atoms with Crippen molar-refractivity contribution in [3.63, 3.8) is 0 Å². The SMILES string of the molecule is Nc1nc(Cc2c(Cl)cccc2Cl)ncc1C(=O)O. The first-order valence-corrected chi connectivity index (χ1v) is 6.02. The lowest BCUT2D eigenvalue weighted by Crippen LogP contribution is -2.08. The molecule has 2 aromatic rings. The van der Waals surface area contributed by atoms with Gasteiger partial charge in [0.2, 0.25) is 0 Å². The number of anilines is 1. The molecule has 3 N–H and O–H groups in total. The van der Waals surface area contributed by atoms with Gasteiger partial charge in [0.05, 0.1) is 0 Å². The predicted octanol–water partition coefficient (Wildman–Crippen LogP) is 2.65. The maximum absolute atomic E-state index is 10.8. The number of aromatic nitrogens is 2. The molecule has 0 saturated carbocycles. The van der Waals surface area contributed by atoms with Crippen molar-refractivity contribution in [2.45, 2.75) is 6.42 Å². The largest absolute Gasteiger partial charge is 0.477 e. The molecule has 7 heteroatoms. The monoisotopic (exact) mass is 297 g/mol. The molecular formula is C12H9Cl2N3O2. The maximum Gasteiger partial charge on any atom is 0.341 e. The van der Waals surface area contributed by atoms with Crippen molar-refractivity contribution >= 4 is 35.0 Å². The maximum atomic E-state index is 10.8. The molecule has 2 rings (SSSR count). The second-order valence-electron chi connectivity index (χ2n) is 3.77. The Labute approximate surface area is 119 Å². The Bertz CT molecular complexity index is 627. The highest BCUT2D eigenvalue weighted by atomic mass is 35.5. The average molecular weight is 298 g/mol. The van der Waals surface area contributed by atoms with E-state index in [0.29, 0.717) is 21.4 Å². The van der Waals surface area contributed by atoms with E-state index in [0.717, 1.165) is 0 Å². The number of carbonyl (C=O) groups is 1. The number of carboxylic acids is 1. The van der Waals surface area contributed by atoms with Crippen LogP contribution in [-0.2, 0) is 6.42 Å². The van der Waals surface area contributed by atoms with Crippen LogP contribution in [0.4, 0.5) is 5.82 Å².